The highest BCUT2D eigenvalue weighted by Gasteiger charge is 2.17. The second-order valence-electron chi connectivity index (χ2n) is 4.38. The molecule has 0 amide bonds. The van der Waals surface area contributed by atoms with Gasteiger partial charge in [0.2, 0.25) is 0 Å². The van der Waals surface area contributed by atoms with E-state index in [2.05, 4.69) is 29.4 Å². The lowest BCUT2D eigenvalue weighted by molar-refractivity contribution is 0.556. The van der Waals surface area contributed by atoms with Gasteiger partial charge in [0.25, 0.3) is 0 Å². The fourth-order valence-electron chi connectivity index (χ4n) is 1.84. The smallest absolute Gasteiger partial charge is 0.0931 e. The number of benzene rings is 1. The average Bonchev–Trinajstić information content (AvgIpc) is 2.75. The molecule has 2 unspecified atom stereocenters. The number of aromatic nitrogens is 1. The molecule has 90 valence electrons. The number of rotatable bonds is 4. The molecule has 0 bridgehead atoms. The maximum atomic E-state index is 6.49. The zero-order valence-corrected chi connectivity index (χ0v) is 11.6. The highest BCUT2D eigenvalue weighted by atomic mass is 35.5. The summed E-state index contributed by atoms with van der Waals surface area (Å²) in [6.45, 7) is 4.21. The highest BCUT2D eigenvalue weighted by Crippen LogP contribution is 2.31. The Balaban J connectivity index is 2.03. The van der Waals surface area contributed by atoms with Crippen LogP contribution in [0.2, 0.25) is 0 Å². The monoisotopic (exact) mass is 265 g/mol. The minimum absolute atomic E-state index is 0.0559. The first-order valence-corrected chi connectivity index (χ1v) is 7.08. The van der Waals surface area contributed by atoms with Crippen LogP contribution >= 0.6 is 22.9 Å². The van der Waals surface area contributed by atoms with Crippen LogP contribution in [0.3, 0.4) is 0 Å². The molecule has 0 fully saturated rings. The van der Waals surface area contributed by atoms with Crippen LogP contribution in [0.4, 0.5) is 0 Å². The van der Waals surface area contributed by atoms with Crippen LogP contribution in [0.1, 0.15) is 28.6 Å². The molecule has 1 aromatic heterocycles. The Bertz CT molecular complexity index is 466. The van der Waals surface area contributed by atoms with E-state index >= 15 is 0 Å². The summed E-state index contributed by atoms with van der Waals surface area (Å²) in [6, 6.07) is 10.3. The Labute approximate surface area is 111 Å². The van der Waals surface area contributed by atoms with Crippen LogP contribution in [0, 0.1) is 12.8 Å². The molecule has 0 aliphatic carbocycles. The summed E-state index contributed by atoms with van der Waals surface area (Å²) < 4.78 is 0. The largest absolute Gasteiger partial charge is 0.247 e. The molecule has 0 saturated carbocycles. The molecular weight excluding hydrogens is 250 g/mol. The molecule has 0 radical (unpaired) electrons. The molecule has 0 aliphatic rings. The van der Waals surface area contributed by atoms with Crippen molar-refractivity contribution in [2.75, 3.05) is 0 Å². The number of thiazole rings is 1. The van der Waals surface area contributed by atoms with Gasteiger partial charge in [0, 0.05) is 17.5 Å². The Morgan fingerprint density at radius 3 is 2.59 bits per heavy atom. The molecule has 0 N–H and O–H groups in total. The molecule has 2 atom stereocenters. The number of hydrogen-bond donors (Lipinski definition) is 0. The van der Waals surface area contributed by atoms with E-state index in [1.807, 2.05) is 25.1 Å². The lowest BCUT2D eigenvalue weighted by atomic mass is 9.98. The Morgan fingerprint density at radius 1 is 1.29 bits per heavy atom. The van der Waals surface area contributed by atoms with Gasteiger partial charge in [-0.3, -0.25) is 0 Å². The standard InChI is InChI=1S/C14H16ClNS/c1-10(8-13-16-11(2)9-17-13)14(15)12-6-4-3-5-7-12/h3-7,9-10,14H,8H2,1-2H3. The summed E-state index contributed by atoms with van der Waals surface area (Å²) in [5.74, 6) is 0.393. The SMILES string of the molecule is Cc1csc(CC(C)C(Cl)c2ccccc2)n1. The van der Waals surface area contributed by atoms with E-state index in [0.717, 1.165) is 12.1 Å². The van der Waals surface area contributed by atoms with Crippen molar-refractivity contribution >= 4 is 22.9 Å². The number of nitrogens with zero attached hydrogens (tertiary/aromatic N) is 1. The Morgan fingerprint density at radius 2 is 2.00 bits per heavy atom. The van der Waals surface area contributed by atoms with Crippen LogP contribution in [0.15, 0.2) is 35.7 Å². The summed E-state index contributed by atoms with van der Waals surface area (Å²) in [4.78, 5) is 4.49. The lowest BCUT2D eigenvalue weighted by Gasteiger charge is -2.17. The predicted molar refractivity (Wildman–Crippen MR) is 74.8 cm³/mol. The number of aryl methyl sites for hydroxylation is 1. The van der Waals surface area contributed by atoms with Crippen LogP contribution in [-0.4, -0.2) is 4.98 Å². The number of alkyl halides is 1. The van der Waals surface area contributed by atoms with Crippen LogP contribution in [-0.2, 0) is 6.42 Å². The summed E-state index contributed by atoms with van der Waals surface area (Å²) in [5, 5.41) is 3.32. The topological polar surface area (TPSA) is 12.9 Å². The van der Waals surface area contributed by atoms with Crippen molar-refractivity contribution in [3.63, 3.8) is 0 Å². The molecule has 1 heterocycles. The summed E-state index contributed by atoms with van der Waals surface area (Å²) in [5.41, 5.74) is 2.29. The third kappa shape index (κ3) is 3.30. The third-order valence-corrected chi connectivity index (χ3v) is 4.45. The molecular formula is C14H16ClNS. The van der Waals surface area contributed by atoms with Crippen molar-refractivity contribution in [1.82, 2.24) is 4.98 Å². The maximum absolute atomic E-state index is 6.49. The second-order valence-corrected chi connectivity index (χ2v) is 5.79. The van der Waals surface area contributed by atoms with E-state index in [-0.39, 0.29) is 5.38 Å². The van der Waals surface area contributed by atoms with Crippen molar-refractivity contribution in [3.8, 4) is 0 Å². The van der Waals surface area contributed by atoms with Gasteiger partial charge in [-0.2, -0.15) is 0 Å². The van der Waals surface area contributed by atoms with Crippen molar-refractivity contribution in [2.24, 2.45) is 5.92 Å². The normalized spacial score (nSPS) is 14.5. The highest BCUT2D eigenvalue weighted by molar-refractivity contribution is 7.09. The van der Waals surface area contributed by atoms with E-state index in [1.165, 1.54) is 10.6 Å². The van der Waals surface area contributed by atoms with Crippen molar-refractivity contribution in [3.05, 3.63) is 52.0 Å². The van der Waals surface area contributed by atoms with Gasteiger partial charge in [-0.05, 0) is 18.4 Å². The summed E-state index contributed by atoms with van der Waals surface area (Å²) in [6.07, 6.45) is 0.946. The fourth-order valence-corrected chi connectivity index (χ4v) is 2.99. The molecule has 0 spiro atoms. The van der Waals surface area contributed by atoms with Crippen LogP contribution in [0.5, 0.6) is 0 Å². The van der Waals surface area contributed by atoms with E-state index in [9.17, 15) is 0 Å². The van der Waals surface area contributed by atoms with E-state index in [1.54, 1.807) is 11.3 Å². The van der Waals surface area contributed by atoms with Crippen molar-refractivity contribution in [2.45, 2.75) is 25.6 Å². The molecule has 1 aromatic carbocycles. The van der Waals surface area contributed by atoms with E-state index < -0.39 is 0 Å². The minimum atomic E-state index is 0.0559. The molecule has 0 saturated heterocycles. The van der Waals surface area contributed by atoms with Crippen LogP contribution < -0.4 is 0 Å². The van der Waals surface area contributed by atoms with E-state index in [4.69, 9.17) is 11.6 Å². The minimum Gasteiger partial charge on any atom is -0.247 e. The molecule has 3 heteroatoms. The first kappa shape index (κ1) is 12.6. The first-order valence-electron chi connectivity index (χ1n) is 5.77. The summed E-state index contributed by atoms with van der Waals surface area (Å²) in [7, 11) is 0. The van der Waals surface area contributed by atoms with E-state index in [0.29, 0.717) is 5.92 Å². The number of halogens is 1. The zero-order valence-electron chi connectivity index (χ0n) is 10.1. The van der Waals surface area contributed by atoms with Crippen molar-refractivity contribution in [1.29, 1.82) is 0 Å². The Kier molecular flexibility index (Phi) is 4.19. The Hall–Kier alpha value is -0.860. The lowest BCUT2D eigenvalue weighted by Crippen LogP contribution is -2.07. The number of hydrogen-bond acceptors (Lipinski definition) is 2. The molecule has 0 aliphatic heterocycles. The van der Waals surface area contributed by atoms with Crippen molar-refractivity contribution < 1.29 is 0 Å². The van der Waals surface area contributed by atoms with Gasteiger partial charge >= 0.3 is 0 Å². The van der Waals surface area contributed by atoms with Gasteiger partial charge < -0.3 is 0 Å². The van der Waals surface area contributed by atoms with Gasteiger partial charge in [-0.1, -0.05) is 37.3 Å². The third-order valence-electron chi connectivity index (χ3n) is 2.78. The summed E-state index contributed by atoms with van der Waals surface area (Å²) >= 11 is 8.21. The molecule has 2 aromatic rings. The second kappa shape index (κ2) is 5.65. The van der Waals surface area contributed by atoms with Gasteiger partial charge in [0.1, 0.15) is 0 Å². The molecule has 1 nitrogen and oxygen atoms in total. The van der Waals surface area contributed by atoms with Crippen LogP contribution in [0.25, 0.3) is 0 Å². The van der Waals surface area contributed by atoms with Gasteiger partial charge in [0.05, 0.1) is 10.4 Å². The van der Waals surface area contributed by atoms with Gasteiger partial charge in [-0.25, -0.2) is 4.98 Å². The van der Waals surface area contributed by atoms with Gasteiger partial charge in [0.15, 0.2) is 0 Å². The van der Waals surface area contributed by atoms with Gasteiger partial charge in [-0.15, -0.1) is 22.9 Å². The quantitative estimate of drug-likeness (QED) is 0.736. The maximum Gasteiger partial charge on any atom is 0.0931 e. The fraction of sp³-hybridized carbons (Fsp3) is 0.357. The predicted octanol–water partition coefficient (Wildman–Crippen LogP) is 4.61. The average molecular weight is 266 g/mol. The first-order chi connectivity index (χ1) is 8.16. The zero-order chi connectivity index (χ0) is 12.3. The molecule has 2 rings (SSSR count). The molecule has 17 heavy (non-hydrogen) atoms.